The molecule has 5 heteroatoms. The van der Waals surface area contributed by atoms with Crippen LogP contribution in [0.4, 0.5) is 4.39 Å². The predicted molar refractivity (Wildman–Crippen MR) is 33.6 cm³/mol. The topological polar surface area (TPSA) is 50.4 Å². The van der Waals surface area contributed by atoms with Crippen LogP contribution < -0.4 is 11.1 Å². The van der Waals surface area contributed by atoms with Gasteiger partial charge >= 0.3 is 0 Å². The number of halogens is 2. The summed E-state index contributed by atoms with van der Waals surface area (Å²) in [5.41, 5.74) is 5.19. The summed E-state index contributed by atoms with van der Waals surface area (Å²) in [5.74, 6) is -0.489. The minimum atomic E-state index is -1.37. The van der Waals surface area contributed by atoms with Crippen LogP contribution in [0, 0.1) is 0 Å². The highest BCUT2D eigenvalue weighted by molar-refractivity contribution is 6.23. The van der Waals surface area contributed by atoms with Gasteiger partial charge in [0.1, 0.15) is 0 Å². The predicted octanol–water partition coefficient (Wildman–Crippen LogP) is 0.280. The normalized spacial score (nSPS) is 33.4. The monoisotopic (exact) mass is 149 g/mol. The maximum atomic E-state index is 12.1. The Bertz CT molecular complexity index is 175. The van der Waals surface area contributed by atoms with Crippen LogP contribution in [0.2, 0.25) is 0 Å². The van der Waals surface area contributed by atoms with Crippen molar-refractivity contribution < 1.29 is 4.39 Å². The second-order valence-corrected chi connectivity index (χ2v) is 2.18. The van der Waals surface area contributed by atoms with Crippen LogP contribution in [0.3, 0.4) is 0 Å². The lowest BCUT2D eigenvalue weighted by atomic mass is 10.5. The van der Waals surface area contributed by atoms with Gasteiger partial charge in [-0.15, -0.1) is 0 Å². The average molecular weight is 150 g/mol. The van der Waals surface area contributed by atoms with E-state index in [0.717, 1.165) is 12.4 Å². The van der Waals surface area contributed by atoms with Gasteiger partial charge in [0.25, 0.3) is 5.25 Å². The number of aliphatic imine (C=N–C) groups is 1. The number of allylic oxidation sites excluding steroid dienone is 1. The molecule has 0 saturated heterocycles. The number of rotatable bonds is 0. The third kappa shape index (κ3) is 1.65. The Morgan fingerprint density at radius 1 is 1.89 bits per heavy atom. The number of nitrogens with one attached hydrogen (secondary N) is 1. The van der Waals surface area contributed by atoms with E-state index in [1.165, 1.54) is 0 Å². The lowest BCUT2D eigenvalue weighted by Crippen LogP contribution is -2.45. The molecule has 0 bridgehead atoms. The summed E-state index contributed by atoms with van der Waals surface area (Å²) in [6, 6.07) is 0. The highest BCUT2D eigenvalue weighted by atomic mass is 35.5. The Morgan fingerprint density at radius 2 is 2.56 bits per heavy atom. The molecule has 0 aliphatic carbocycles. The quantitative estimate of drug-likeness (QED) is 0.384. The SMILES string of the molecule is NC1(Cl)N=CC(F)=CN1. The minimum Gasteiger partial charge on any atom is -0.340 e. The summed E-state index contributed by atoms with van der Waals surface area (Å²) in [6.45, 7) is 0. The maximum absolute atomic E-state index is 12.1. The molecule has 0 aromatic carbocycles. The van der Waals surface area contributed by atoms with Crippen molar-refractivity contribution in [3.05, 3.63) is 12.0 Å². The molecule has 9 heavy (non-hydrogen) atoms. The summed E-state index contributed by atoms with van der Waals surface area (Å²) in [6.07, 6.45) is 2.02. The third-order valence-corrected chi connectivity index (χ3v) is 0.995. The summed E-state index contributed by atoms with van der Waals surface area (Å²) in [7, 11) is 0. The van der Waals surface area contributed by atoms with Crippen LogP contribution >= 0.6 is 11.6 Å². The van der Waals surface area contributed by atoms with Crippen molar-refractivity contribution in [2.45, 2.75) is 5.25 Å². The number of hydrogen-bond donors (Lipinski definition) is 2. The van der Waals surface area contributed by atoms with E-state index in [1.54, 1.807) is 0 Å². The fourth-order valence-electron chi connectivity index (χ4n) is 0.400. The van der Waals surface area contributed by atoms with E-state index in [1.807, 2.05) is 0 Å². The third-order valence-electron chi connectivity index (χ3n) is 0.788. The standard InChI is InChI=1S/C4H5ClFN3/c5-4(7)8-1-3(6)2-9-4/h1-2,8H,7H2. The van der Waals surface area contributed by atoms with Gasteiger partial charge in [-0.3, -0.25) is 5.73 Å². The van der Waals surface area contributed by atoms with Gasteiger partial charge in [0.15, 0.2) is 5.83 Å². The van der Waals surface area contributed by atoms with Crippen molar-refractivity contribution in [2.75, 3.05) is 0 Å². The molecule has 1 aliphatic rings. The van der Waals surface area contributed by atoms with E-state index in [2.05, 4.69) is 10.3 Å². The van der Waals surface area contributed by atoms with Gasteiger partial charge in [-0.05, 0) is 0 Å². The van der Waals surface area contributed by atoms with Crippen molar-refractivity contribution in [3.63, 3.8) is 0 Å². The molecular weight excluding hydrogens is 145 g/mol. The van der Waals surface area contributed by atoms with Gasteiger partial charge in [-0.25, -0.2) is 9.38 Å². The van der Waals surface area contributed by atoms with E-state index < -0.39 is 11.1 Å². The molecule has 0 fully saturated rings. The van der Waals surface area contributed by atoms with E-state index in [0.29, 0.717) is 0 Å². The van der Waals surface area contributed by atoms with Crippen molar-refractivity contribution in [3.8, 4) is 0 Å². The fraction of sp³-hybridized carbons (Fsp3) is 0.250. The summed E-state index contributed by atoms with van der Waals surface area (Å²) in [4.78, 5) is 3.41. The first-order valence-corrected chi connectivity index (χ1v) is 2.64. The first kappa shape index (κ1) is 6.51. The van der Waals surface area contributed by atoms with Crippen LogP contribution in [-0.2, 0) is 0 Å². The molecule has 3 nitrogen and oxygen atoms in total. The minimum absolute atomic E-state index is 0.489. The molecule has 0 radical (unpaired) electrons. The Balaban J connectivity index is 2.70. The van der Waals surface area contributed by atoms with Crippen LogP contribution in [0.15, 0.2) is 17.0 Å². The van der Waals surface area contributed by atoms with Crippen molar-refractivity contribution in [1.29, 1.82) is 0 Å². The second kappa shape index (κ2) is 1.97. The molecule has 1 atom stereocenters. The average Bonchev–Trinajstić information content (AvgIpc) is 1.78. The maximum Gasteiger partial charge on any atom is 0.262 e. The smallest absolute Gasteiger partial charge is 0.262 e. The molecule has 0 spiro atoms. The Kier molecular flexibility index (Phi) is 1.42. The number of hydrogen-bond acceptors (Lipinski definition) is 3. The number of nitrogens with zero attached hydrogens (tertiary/aromatic N) is 1. The number of nitrogens with two attached hydrogens (primary N) is 1. The van der Waals surface area contributed by atoms with Crippen molar-refractivity contribution in [2.24, 2.45) is 10.7 Å². The molecule has 0 saturated carbocycles. The molecule has 1 heterocycles. The zero-order valence-corrected chi connectivity index (χ0v) is 5.19. The Hall–Kier alpha value is -0.610. The first-order chi connectivity index (χ1) is 4.10. The molecule has 1 rings (SSSR count). The van der Waals surface area contributed by atoms with E-state index in [-0.39, 0.29) is 0 Å². The largest absolute Gasteiger partial charge is 0.340 e. The molecule has 3 N–H and O–H groups in total. The van der Waals surface area contributed by atoms with Crippen LogP contribution in [0.25, 0.3) is 0 Å². The van der Waals surface area contributed by atoms with E-state index in [9.17, 15) is 4.39 Å². The zero-order chi connectivity index (χ0) is 6.91. The molecule has 0 aromatic heterocycles. The van der Waals surface area contributed by atoms with Crippen LogP contribution in [0.5, 0.6) is 0 Å². The van der Waals surface area contributed by atoms with Gasteiger partial charge in [0.2, 0.25) is 0 Å². The molecule has 50 valence electrons. The number of alkyl halides is 1. The molecule has 0 amide bonds. The molecule has 1 aliphatic heterocycles. The molecule has 1 unspecified atom stereocenters. The fourth-order valence-corrected chi connectivity index (χ4v) is 0.504. The summed E-state index contributed by atoms with van der Waals surface area (Å²) in [5, 5.41) is 0.951. The Morgan fingerprint density at radius 3 is 2.89 bits per heavy atom. The second-order valence-electron chi connectivity index (χ2n) is 1.61. The Labute approximate surface area is 56.4 Å². The highest BCUT2D eigenvalue weighted by Crippen LogP contribution is 2.09. The van der Waals surface area contributed by atoms with E-state index in [4.69, 9.17) is 17.3 Å². The molecular formula is C4H5ClFN3. The lowest BCUT2D eigenvalue weighted by Gasteiger charge is -2.18. The highest BCUT2D eigenvalue weighted by Gasteiger charge is 2.19. The van der Waals surface area contributed by atoms with Gasteiger partial charge < -0.3 is 5.32 Å². The van der Waals surface area contributed by atoms with Crippen LogP contribution in [-0.4, -0.2) is 11.5 Å². The van der Waals surface area contributed by atoms with Gasteiger partial charge in [0.05, 0.1) is 6.21 Å². The zero-order valence-electron chi connectivity index (χ0n) is 4.44. The summed E-state index contributed by atoms with van der Waals surface area (Å²) < 4.78 is 12.1. The van der Waals surface area contributed by atoms with Gasteiger partial charge in [-0.2, -0.15) is 0 Å². The van der Waals surface area contributed by atoms with Crippen LogP contribution in [0.1, 0.15) is 0 Å². The first-order valence-electron chi connectivity index (χ1n) is 2.26. The van der Waals surface area contributed by atoms with Crippen molar-refractivity contribution in [1.82, 2.24) is 5.32 Å². The van der Waals surface area contributed by atoms with Gasteiger partial charge in [-0.1, -0.05) is 11.6 Å². The lowest BCUT2D eigenvalue weighted by molar-refractivity contribution is 0.538. The molecule has 0 aromatic rings. The van der Waals surface area contributed by atoms with Crippen molar-refractivity contribution >= 4 is 17.8 Å². The van der Waals surface area contributed by atoms with Gasteiger partial charge in [0, 0.05) is 6.20 Å². The summed E-state index contributed by atoms with van der Waals surface area (Å²) >= 11 is 5.39. The van der Waals surface area contributed by atoms with E-state index >= 15 is 0 Å².